The van der Waals surface area contributed by atoms with E-state index in [0.717, 1.165) is 61.8 Å². The summed E-state index contributed by atoms with van der Waals surface area (Å²) in [5, 5.41) is 23.5. The van der Waals surface area contributed by atoms with Gasteiger partial charge in [0.25, 0.3) is 0 Å². The molecule has 4 bridgehead atoms. The molecule has 60 heavy (non-hydrogen) atoms. The second-order valence-electron chi connectivity index (χ2n) is 20.0. The molecule has 16 atom stereocenters. The number of Topliss-reactive ketones (excluding diaryl/α,β-unsaturated/α-hetero) is 1. The van der Waals surface area contributed by atoms with Crippen molar-refractivity contribution in [2.45, 2.75) is 160 Å². The molecule has 8 saturated heterocycles. The molecule has 8 heterocycles. The van der Waals surface area contributed by atoms with Crippen LogP contribution in [-0.2, 0) is 38.5 Å². The minimum absolute atomic E-state index is 0.00219. The van der Waals surface area contributed by atoms with E-state index < -0.39 is 68.3 Å². The van der Waals surface area contributed by atoms with Gasteiger partial charge in [0.1, 0.15) is 0 Å². The lowest BCUT2D eigenvalue weighted by Crippen LogP contribution is -2.70. The van der Waals surface area contributed by atoms with Crippen LogP contribution >= 0.6 is 0 Å². The maximum atomic E-state index is 14.2. The first kappa shape index (κ1) is 42.2. The second-order valence-corrected chi connectivity index (χ2v) is 20.0. The molecule has 0 amide bonds. The molecular formula is C45H60N2O13. The van der Waals surface area contributed by atoms with Crippen molar-refractivity contribution in [1.82, 2.24) is 0 Å². The molecule has 0 aromatic heterocycles. The van der Waals surface area contributed by atoms with Gasteiger partial charge in [-0.15, -0.1) is 0 Å². The molecule has 15 nitrogen and oxygen atoms in total. The third-order valence-electron chi connectivity index (χ3n) is 16.6. The normalized spacial score (nSPS) is 45.2. The van der Waals surface area contributed by atoms with Crippen molar-refractivity contribution in [2.75, 3.05) is 0 Å². The number of carbonyl (C=O) groups excluding carboxylic acids is 1. The van der Waals surface area contributed by atoms with E-state index in [4.69, 9.17) is 38.5 Å². The van der Waals surface area contributed by atoms with Crippen molar-refractivity contribution in [1.29, 1.82) is 0 Å². The minimum atomic E-state index is -0.933. The van der Waals surface area contributed by atoms with Gasteiger partial charge >= 0.3 is 11.4 Å². The fourth-order valence-electron chi connectivity index (χ4n) is 13.1. The van der Waals surface area contributed by atoms with Gasteiger partial charge in [-0.05, 0) is 107 Å². The number of ketones is 1. The predicted octanol–water partition coefficient (Wildman–Crippen LogP) is 9.09. The number of nitro benzene ring substituents is 2. The van der Waals surface area contributed by atoms with Crippen LogP contribution in [-0.4, -0.2) is 63.2 Å². The van der Waals surface area contributed by atoms with E-state index in [2.05, 4.69) is 40.9 Å². The molecule has 328 valence electrons. The minimum Gasteiger partial charge on any atom is -0.346 e. The zero-order chi connectivity index (χ0) is 42.7. The van der Waals surface area contributed by atoms with Gasteiger partial charge in [0, 0.05) is 54.7 Å². The largest absolute Gasteiger partial charge is 0.346 e. The lowest BCUT2D eigenvalue weighted by atomic mass is 9.57. The molecule has 0 unspecified atom stereocenters. The summed E-state index contributed by atoms with van der Waals surface area (Å²) in [6.07, 6.45) is 5.89. The summed E-state index contributed by atoms with van der Waals surface area (Å²) in [5.41, 5.74) is -1.45. The maximum Gasteiger partial charge on any atom is 0.346 e. The average Bonchev–Trinajstić information content (AvgIpc) is 3.58. The van der Waals surface area contributed by atoms with Crippen molar-refractivity contribution < 1.29 is 53.1 Å². The second kappa shape index (κ2) is 15.0. The Hall–Kier alpha value is -3.15. The Kier molecular flexibility index (Phi) is 10.5. The number of hydrogen-bond acceptors (Lipinski definition) is 13. The van der Waals surface area contributed by atoms with Crippen LogP contribution in [0, 0.1) is 73.5 Å². The van der Waals surface area contributed by atoms with E-state index in [9.17, 15) is 25.0 Å². The van der Waals surface area contributed by atoms with Crippen LogP contribution in [0.3, 0.4) is 0 Å². The summed E-state index contributed by atoms with van der Waals surface area (Å²) in [6, 6.07) is 3.28. The topological polar surface area (TPSA) is 177 Å². The third-order valence-corrected chi connectivity index (χ3v) is 16.6. The van der Waals surface area contributed by atoms with Crippen LogP contribution in [0.1, 0.15) is 123 Å². The van der Waals surface area contributed by atoms with Crippen LogP contribution in [0.2, 0.25) is 0 Å². The molecular weight excluding hydrogens is 776 g/mol. The van der Waals surface area contributed by atoms with Crippen molar-refractivity contribution >= 4 is 17.2 Å². The first-order valence-electron chi connectivity index (χ1n) is 22.1. The molecule has 2 saturated carbocycles. The number of benzene rings is 1. The highest BCUT2D eigenvalue weighted by Crippen LogP contribution is 2.63. The molecule has 1 aromatic carbocycles. The van der Waals surface area contributed by atoms with Gasteiger partial charge in [0.05, 0.1) is 22.1 Å². The standard InChI is InChI=1S/C45H60N2O13/c1-23-9-12-33-27(5)38(53-40-44(33)31(23)15-17-42(7,55-40)57-59-44)19-25(3)30(22-37(48)29-11-14-35(46(49)50)36(21-29)47(51)52)26(4)20-39-28(6)34-13-10-24(2)32-16-18-43(8)56-41(54-39)45(32,34)60-58-43/h11,14,21,23-24,27-28,30-34,38-41H,3-4,9-10,12-13,15-20,22H2,1-2,5-8H3/t23-,24-,27-,28-,31+,32+,33+,34+,38-,39-,40-,41-,42+,43+,44-,45-/m1/s1. The number of fused-ring (bicyclic) bond motifs is 4. The lowest BCUT2D eigenvalue weighted by Gasteiger charge is -2.60. The zero-order valence-electron chi connectivity index (χ0n) is 35.6. The highest BCUT2D eigenvalue weighted by Gasteiger charge is 2.71. The Balaban J connectivity index is 1.00. The van der Waals surface area contributed by atoms with Gasteiger partial charge in [-0.1, -0.05) is 52.0 Å². The summed E-state index contributed by atoms with van der Waals surface area (Å²) in [5.74, 6) is -1.40. The molecule has 2 aliphatic carbocycles. The van der Waals surface area contributed by atoms with E-state index in [1.807, 2.05) is 13.8 Å². The fourth-order valence-corrected chi connectivity index (χ4v) is 13.1. The van der Waals surface area contributed by atoms with E-state index in [0.29, 0.717) is 37.5 Å². The maximum absolute atomic E-state index is 14.2. The molecule has 1 aromatic rings. The molecule has 11 rings (SSSR count). The highest BCUT2D eigenvalue weighted by molar-refractivity contribution is 5.97. The molecule has 2 spiro atoms. The number of nitro groups is 2. The molecule has 0 radical (unpaired) electrons. The van der Waals surface area contributed by atoms with Crippen LogP contribution < -0.4 is 0 Å². The monoisotopic (exact) mass is 836 g/mol. The first-order valence-corrected chi connectivity index (χ1v) is 22.1. The molecule has 10 fully saturated rings. The van der Waals surface area contributed by atoms with Gasteiger partial charge < -0.3 is 18.9 Å². The Bertz CT molecular complexity index is 1870. The number of nitrogens with zero attached hydrogens (tertiary/aromatic N) is 2. The smallest absolute Gasteiger partial charge is 0.346 e. The summed E-state index contributed by atoms with van der Waals surface area (Å²) < 4.78 is 27.2. The summed E-state index contributed by atoms with van der Waals surface area (Å²) in [6.45, 7) is 21.9. The highest BCUT2D eigenvalue weighted by atomic mass is 17.3. The van der Waals surface area contributed by atoms with E-state index in [1.165, 1.54) is 6.07 Å². The molecule has 8 aliphatic heterocycles. The van der Waals surface area contributed by atoms with Crippen LogP contribution in [0.5, 0.6) is 0 Å². The van der Waals surface area contributed by atoms with E-state index in [1.54, 1.807) is 0 Å². The molecule has 10 aliphatic rings. The lowest BCUT2D eigenvalue weighted by molar-refractivity contribution is -0.571. The number of rotatable bonds is 11. The van der Waals surface area contributed by atoms with Gasteiger partial charge in [-0.3, -0.25) is 25.0 Å². The van der Waals surface area contributed by atoms with E-state index >= 15 is 0 Å². The average molecular weight is 837 g/mol. The summed E-state index contributed by atoms with van der Waals surface area (Å²) in [7, 11) is 0. The van der Waals surface area contributed by atoms with Gasteiger partial charge in [-0.25, -0.2) is 19.6 Å². The fraction of sp³-hybridized carbons (Fsp3) is 0.756. The third kappa shape index (κ3) is 6.55. The van der Waals surface area contributed by atoms with Crippen LogP contribution in [0.15, 0.2) is 42.5 Å². The van der Waals surface area contributed by atoms with Gasteiger partial charge in [0.2, 0.25) is 11.6 Å². The molecule has 0 N–H and O–H groups in total. The quantitative estimate of drug-likeness (QED) is 0.0679. The van der Waals surface area contributed by atoms with Crippen LogP contribution in [0.25, 0.3) is 0 Å². The first-order chi connectivity index (χ1) is 28.4. The predicted molar refractivity (Wildman–Crippen MR) is 213 cm³/mol. The van der Waals surface area contributed by atoms with E-state index in [-0.39, 0.29) is 59.7 Å². The van der Waals surface area contributed by atoms with Crippen molar-refractivity contribution in [3.8, 4) is 0 Å². The molecule has 15 heteroatoms. The Labute approximate surface area is 350 Å². The number of hydrogen-bond donors (Lipinski definition) is 0. The Morgan fingerprint density at radius 1 is 0.700 bits per heavy atom. The van der Waals surface area contributed by atoms with Gasteiger partial charge in [0.15, 0.2) is 29.6 Å². The van der Waals surface area contributed by atoms with Crippen molar-refractivity contribution in [2.24, 2.45) is 53.3 Å². The van der Waals surface area contributed by atoms with Crippen LogP contribution in [0.4, 0.5) is 11.4 Å². The number of ether oxygens (including phenoxy) is 4. The Morgan fingerprint density at radius 2 is 1.17 bits per heavy atom. The Morgan fingerprint density at radius 3 is 1.62 bits per heavy atom. The summed E-state index contributed by atoms with van der Waals surface area (Å²) >= 11 is 0. The zero-order valence-corrected chi connectivity index (χ0v) is 35.6. The van der Waals surface area contributed by atoms with Gasteiger partial charge in [-0.2, -0.15) is 0 Å². The van der Waals surface area contributed by atoms with Crippen molar-refractivity contribution in [3.63, 3.8) is 0 Å². The van der Waals surface area contributed by atoms with Crippen molar-refractivity contribution in [3.05, 3.63) is 68.3 Å². The summed E-state index contributed by atoms with van der Waals surface area (Å²) in [4.78, 5) is 60.9. The SMILES string of the molecule is C=C(C[C@H]1O[C@@H]2O[C@]3(C)CC[C@H]4[C@H](C)CC[C@@H]([C@H]1C)[C@@]24OO3)C(CC(=O)c1ccc([N+](=O)[O-])c([N+](=O)[O-])c1)C(=C)C[C@H]1O[C@@H]2O[C@]3(C)CC[C@H]4[C@H](C)CC[C@@H]([C@H]1C)[C@@]24OO3. The number of carbonyl (C=O) groups is 1.